The van der Waals surface area contributed by atoms with E-state index in [-0.39, 0.29) is 18.5 Å². The lowest BCUT2D eigenvalue weighted by Gasteiger charge is -2.20. The van der Waals surface area contributed by atoms with Crippen molar-refractivity contribution in [2.45, 2.75) is 373 Å². The highest BCUT2D eigenvalue weighted by atomic mass is 16.5. The number of hydrogen-bond acceptors (Lipinski definition) is 5. The molecule has 0 aromatic heterocycles. The van der Waals surface area contributed by atoms with Gasteiger partial charge in [-0.05, 0) is 77.0 Å². The fourth-order valence-electron chi connectivity index (χ4n) is 10.3. The second kappa shape index (κ2) is 63.6. The molecule has 0 heterocycles. The Hall–Kier alpha value is -1.92. The van der Waals surface area contributed by atoms with Crippen LogP contribution in [-0.2, 0) is 14.3 Å². The first-order valence-electron chi connectivity index (χ1n) is 33.3. The maximum atomic E-state index is 12.5. The van der Waals surface area contributed by atoms with Gasteiger partial charge in [0.2, 0.25) is 5.91 Å². The summed E-state index contributed by atoms with van der Waals surface area (Å²) in [5, 5.41) is 23.2. The van der Waals surface area contributed by atoms with Gasteiger partial charge in [0.05, 0.1) is 25.4 Å². The zero-order valence-electron chi connectivity index (χ0n) is 49.8. The molecule has 0 saturated carbocycles. The van der Waals surface area contributed by atoms with E-state index in [1.54, 1.807) is 6.08 Å². The van der Waals surface area contributed by atoms with Crippen LogP contribution >= 0.6 is 0 Å². The van der Waals surface area contributed by atoms with Crippen LogP contribution in [-0.4, -0.2) is 47.4 Å². The summed E-state index contributed by atoms with van der Waals surface area (Å²) in [4.78, 5) is 24.5. The highest BCUT2D eigenvalue weighted by Gasteiger charge is 2.18. The van der Waals surface area contributed by atoms with Crippen LogP contribution < -0.4 is 5.32 Å². The van der Waals surface area contributed by atoms with Gasteiger partial charge in [0, 0.05) is 12.8 Å². The number of esters is 1. The summed E-state index contributed by atoms with van der Waals surface area (Å²) in [7, 11) is 0. The molecule has 0 saturated heterocycles. The number of ether oxygens (including phenoxy) is 1. The van der Waals surface area contributed by atoms with E-state index in [9.17, 15) is 19.8 Å². The molecule has 0 aliphatic carbocycles. The molecule has 436 valence electrons. The Balaban J connectivity index is 3.45. The van der Waals surface area contributed by atoms with Gasteiger partial charge in [-0.15, -0.1) is 0 Å². The molecule has 0 spiro atoms. The van der Waals surface area contributed by atoms with Crippen molar-refractivity contribution in [3.8, 4) is 0 Å². The van der Waals surface area contributed by atoms with Crippen LogP contribution in [0, 0.1) is 0 Å². The minimum atomic E-state index is -0.850. The Morgan fingerprint density at radius 1 is 0.365 bits per heavy atom. The summed E-state index contributed by atoms with van der Waals surface area (Å²) >= 11 is 0. The molecule has 0 aromatic rings. The Kier molecular flexibility index (Phi) is 62.0. The Bertz CT molecular complexity index is 1200. The van der Waals surface area contributed by atoms with Gasteiger partial charge in [-0.1, -0.05) is 307 Å². The van der Waals surface area contributed by atoms with Crippen LogP contribution in [0.25, 0.3) is 0 Å². The van der Waals surface area contributed by atoms with E-state index >= 15 is 0 Å². The first kappa shape index (κ1) is 72.1. The standard InChI is InChI=1S/C68H129NO5/c1-3-5-7-9-11-13-15-16-17-18-19-20-22-25-28-31-34-37-41-44-48-52-56-60-66(71)65(64-70)69-67(72)61-57-53-49-45-42-38-35-32-29-26-23-21-24-27-30-33-36-39-43-47-51-55-59-63-74-68(73)62-58-54-50-46-40-14-12-10-8-6-4-2/h10,12,26,29,56,60,65-66,70-71H,3-9,11,13-25,27-28,30-55,57-59,61-64H2,1-2H3,(H,69,72)/b12-10-,29-26-,60-56+. The second-order valence-corrected chi connectivity index (χ2v) is 22.8. The van der Waals surface area contributed by atoms with Crippen LogP contribution in [0.4, 0.5) is 0 Å². The topological polar surface area (TPSA) is 95.9 Å². The lowest BCUT2D eigenvalue weighted by Crippen LogP contribution is -2.45. The lowest BCUT2D eigenvalue weighted by atomic mass is 10.0. The molecule has 0 bridgehead atoms. The van der Waals surface area contributed by atoms with E-state index in [4.69, 9.17) is 4.74 Å². The van der Waals surface area contributed by atoms with E-state index in [0.717, 1.165) is 51.4 Å². The normalized spacial score (nSPS) is 12.8. The number of aliphatic hydroxyl groups is 2. The fourth-order valence-corrected chi connectivity index (χ4v) is 10.3. The molecule has 1 amide bonds. The van der Waals surface area contributed by atoms with Gasteiger partial charge in [-0.25, -0.2) is 0 Å². The SMILES string of the molecule is CCCC/C=C\CCCCCCCC(=O)OCCCCCCCCCCCCCC/C=C\CCCCCCCCCC(=O)NC(CO)C(O)/C=C/CCCCCCCCCCCCCCCCCCCCCCC. The largest absolute Gasteiger partial charge is 0.466 e. The van der Waals surface area contributed by atoms with Crippen molar-refractivity contribution in [1.29, 1.82) is 0 Å². The third-order valence-electron chi connectivity index (χ3n) is 15.4. The van der Waals surface area contributed by atoms with Crippen LogP contribution in [0.2, 0.25) is 0 Å². The van der Waals surface area contributed by atoms with Crippen molar-refractivity contribution in [2.24, 2.45) is 0 Å². The van der Waals surface area contributed by atoms with Gasteiger partial charge >= 0.3 is 5.97 Å². The van der Waals surface area contributed by atoms with Gasteiger partial charge in [0.15, 0.2) is 0 Å². The van der Waals surface area contributed by atoms with Gasteiger partial charge in [-0.2, -0.15) is 0 Å². The van der Waals surface area contributed by atoms with E-state index in [0.29, 0.717) is 19.4 Å². The average Bonchev–Trinajstić information content (AvgIpc) is 3.40. The predicted octanol–water partition coefficient (Wildman–Crippen LogP) is 21.1. The zero-order valence-corrected chi connectivity index (χ0v) is 49.8. The van der Waals surface area contributed by atoms with Crippen LogP contribution in [0.15, 0.2) is 36.5 Å². The number of amides is 1. The van der Waals surface area contributed by atoms with Gasteiger partial charge in [0.1, 0.15) is 0 Å². The minimum Gasteiger partial charge on any atom is -0.466 e. The molecule has 0 aliphatic heterocycles. The number of hydrogen-bond donors (Lipinski definition) is 3. The maximum absolute atomic E-state index is 12.5. The van der Waals surface area contributed by atoms with E-state index in [1.165, 1.54) is 283 Å². The zero-order chi connectivity index (χ0) is 53.6. The predicted molar refractivity (Wildman–Crippen MR) is 324 cm³/mol. The lowest BCUT2D eigenvalue weighted by molar-refractivity contribution is -0.143. The summed E-state index contributed by atoms with van der Waals surface area (Å²) in [6.07, 6.45) is 80.6. The van der Waals surface area contributed by atoms with Crippen molar-refractivity contribution < 1.29 is 24.5 Å². The molecule has 6 nitrogen and oxygen atoms in total. The highest BCUT2D eigenvalue weighted by molar-refractivity contribution is 5.76. The number of rotatable bonds is 62. The van der Waals surface area contributed by atoms with Gasteiger partial charge < -0.3 is 20.3 Å². The summed E-state index contributed by atoms with van der Waals surface area (Å²) < 4.78 is 5.46. The van der Waals surface area contributed by atoms with Gasteiger partial charge in [-0.3, -0.25) is 9.59 Å². The molecule has 0 aromatic carbocycles. The maximum Gasteiger partial charge on any atom is 0.305 e. The Morgan fingerprint density at radius 3 is 1.00 bits per heavy atom. The smallest absolute Gasteiger partial charge is 0.305 e. The molecule has 0 aliphatic rings. The molecule has 6 heteroatoms. The molecule has 0 rings (SSSR count). The molecule has 3 N–H and O–H groups in total. The Morgan fingerprint density at radius 2 is 0.649 bits per heavy atom. The summed E-state index contributed by atoms with van der Waals surface area (Å²) in [6, 6.07) is -0.634. The molecule has 0 fully saturated rings. The number of aliphatic hydroxyl groups excluding tert-OH is 2. The van der Waals surface area contributed by atoms with Gasteiger partial charge in [0.25, 0.3) is 0 Å². The van der Waals surface area contributed by atoms with Crippen LogP contribution in [0.5, 0.6) is 0 Å². The van der Waals surface area contributed by atoms with Crippen LogP contribution in [0.1, 0.15) is 361 Å². The monoisotopic (exact) mass is 1040 g/mol. The van der Waals surface area contributed by atoms with Crippen molar-refractivity contribution in [2.75, 3.05) is 13.2 Å². The Labute approximate surface area is 462 Å². The van der Waals surface area contributed by atoms with E-state index in [1.807, 2.05) is 6.08 Å². The second-order valence-electron chi connectivity index (χ2n) is 22.8. The molecule has 74 heavy (non-hydrogen) atoms. The van der Waals surface area contributed by atoms with Crippen molar-refractivity contribution in [3.63, 3.8) is 0 Å². The molecule has 2 unspecified atom stereocenters. The van der Waals surface area contributed by atoms with Crippen LogP contribution in [0.3, 0.4) is 0 Å². The highest BCUT2D eigenvalue weighted by Crippen LogP contribution is 2.18. The third-order valence-corrected chi connectivity index (χ3v) is 15.4. The van der Waals surface area contributed by atoms with Crippen molar-refractivity contribution in [3.05, 3.63) is 36.5 Å². The average molecular weight is 1040 g/mol. The molecular weight excluding hydrogens is 911 g/mol. The molecule has 2 atom stereocenters. The molecular formula is C68H129NO5. The summed E-state index contributed by atoms with van der Waals surface area (Å²) in [5.41, 5.74) is 0. The number of carbonyl (C=O) groups excluding carboxylic acids is 2. The first-order chi connectivity index (χ1) is 36.5. The van der Waals surface area contributed by atoms with E-state index in [2.05, 4.69) is 43.5 Å². The number of allylic oxidation sites excluding steroid dienone is 5. The fraction of sp³-hybridized carbons (Fsp3) is 0.882. The first-order valence-corrected chi connectivity index (χ1v) is 33.3. The quantitative estimate of drug-likeness (QED) is 0.0320. The number of carbonyl (C=O) groups is 2. The van der Waals surface area contributed by atoms with Crippen molar-refractivity contribution in [1.82, 2.24) is 5.32 Å². The number of unbranched alkanes of at least 4 members (excludes halogenated alkanes) is 47. The van der Waals surface area contributed by atoms with E-state index < -0.39 is 12.1 Å². The summed E-state index contributed by atoms with van der Waals surface area (Å²) in [6.45, 7) is 4.89. The molecule has 0 radical (unpaired) electrons. The third kappa shape index (κ3) is 59.3. The summed E-state index contributed by atoms with van der Waals surface area (Å²) in [5.74, 6) is -0.0710. The van der Waals surface area contributed by atoms with Crippen molar-refractivity contribution >= 4 is 11.9 Å². The minimum absolute atomic E-state index is 0.0000930. The number of nitrogens with one attached hydrogen (secondary N) is 1.